The van der Waals surface area contributed by atoms with Crippen molar-refractivity contribution in [1.29, 1.82) is 0 Å². The lowest BCUT2D eigenvalue weighted by Gasteiger charge is -2.48. The van der Waals surface area contributed by atoms with E-state index in [1.54, 1.807) is 4.90 Å². The zero-order valence-corrected chi connectivity index (χ0v) is 18.0. The van der Waals surface area contributed by atoms with Crippen LogP contribution in [-0.2, 0) is 22.3 Å². The van der Waals surface area contributed by atoms with Gasteiger partial charge in [-0.15, -0.1) is 13.2 Å². The molecular formula is C24H25F3N2O4. The lowest BCUT2D eigenvalue weighted by atomic mass is 10.1. The number of amides is 1. The number of nitrogens with zero attached hydrogens (tertiary/aromatic N) is 2. The van der Waals surface area contributed by atoms with Gasteiger partial charge in [0.25, 0.3) is 5.91 Å². The molecule has 2 saturated heterocycles. The van der Waals surface area contributed by atoms with Crippen LogP contribution < -0.4 is 4.74 Å². The maximum absolute atomic E-state index is 13.0. The largest absolute Gasteiger partial charge is 0.573 e. The summed E-state index contributed by atoms with van der Waals surface area (Å²) in [6.07, 6.45) is -2.80. The summed E-state index contributed by atoms with van der Waals surface area (Å²) in [5, 5.41) is 0. The molecule has 0 aromatic heterocycles. The second-order valence-electron chi connectivity index (χ2n) is 8.71. The summed E-state index contributed by atoms with van der Waals surface area (Å²) in [6.45, 7) is 2.87. The average Bonchev–Trinajstić information content (AvgIpc) is 3.23. The number of alkyl halides is 3. The van der Waals surface area contributed by atoms with Crippen LogP contribution in [0, 0.1) is 0 Å². The summed E-state index contributed by atoms with van der Waals surface area (Å²) in [5.74, 6) is -1.54. The van der Waals surface area contributed by atoms with Gasteiger partial charge in [-0.3, -0.25) is 9.69 Å². The van der Waals surface area contributed by atoms with Crippen LogP contribution in [0.2, 0.25) is 0 Å². The fourth-order valence-electron chi connectivity index (χ4n) is 4.98. The van der Waals surface area contributed by atoms with Gasteiger partial charge < -0.3 is 19.1 Å². The van der Waals surface area contributed by atoms with E-state index in [-0.39, 0.29) is 18.2 Å². The highest BCUT2D eigenvalue weighted by Crippen LogP contribution is 2.31. The van der Waals surface area contributed by atoms with Crippen LogP contribution in [0.3, 0.4) is 0 Å². The molecule has 6 nitrogen and oxygen atoms in total. The molecule has 2 fully saturated rings. The third kappa shape index (κ3) is 4.85. The van der Waals surface area contributed by atoms with Crippen molar-refractivity contribution >= 4 is 5.91 Å². The molecule has 2 aromatic rings. The highest BCUT2D eigenvalue weighted by molar-refractivity contribution is 5.94. The quantitative estimate of drug-likeness (QED) is 0.701. The maximum Gasteiger partial charge on any atom is 0.573 e. The Balaban J connectivity index is 1.25. The summed E-state index contributed by atoms with van der Waals surface area (Å²) >= 11 is 0. The minimum absolute atomic E-state index is 0.267. The van der Waals surface area contributed by atoms with Gasteiger partial charge in [-0.05, 0) is 48.2 Å². The van der Waals surface area contributed by atoms with Crippen molar-refractivity contribution in [2.24, 2.45) is 0 Å². The summed E-state index contributed by atoms with van der Waals surface area (Å²) < 4.78 is 53.2. The zero-order valence-electron chi connectivity index (χ0n) is 18.0. The number of fused-ring (bicyclic) bond motifs is 1. The fourth-order valence-corrected chi connectivity index (χ4v) is 4.98. The second kappa shape index (κ2) is 8.62. The van der Waals surface area contributed by atoms with Crippen molar-refractivity contribution in [2.75, 3.05) is 39.4 Å². The van der Waals surface area contributed by atoms with Crippen molar-refractivity contribution in [1.82, 2.24) is 9.80 Å². The standard InChI is InChI=1S/C24H25F3N2O4/c25-24(26,27)33-21-7-5-17(6-8-21)22(30)29-10-12-32-23(16-29)15-28(9-11-31-23)20-13-18-3-1-2-4-19(18)14-20/h1-8,20H,9-16H2. The predicted octanol–water partition coefficient (Wildman–Crippen LogP) is 3.25. The minimum Gasteiger partial charge on any atom is -0.406 e. The van der Waals surface area contributed by atoms with E-state index in [0.29, 0.717) is 37.9 Å². The van der Waals surface area contributed by atoms with E-state index >= 15 is 0 Å². The molecule has 2 heterocycles. The first-order valence-electron chi connectivity index (χ1n) is 11.0. The van der Waals surface area contributed by atoms with Gasteiger partial charge in [0.15, 0.2) is 5.79 Å². The lowest BCUT2D eigenvalue weighted by Crippen LogP contribution is -2.64. The summed E-state index contributed by atoms with van der Waals surface area (Å²) in [4.78, 5) is 17.1. The topological polar surface area (TPSA) is 51.2 Å². The number of carbonyl (C=O) groups excluding carboxylic acids is 1. The molecule has 1 amide bonds. The number of morpholine rings is 2. The highest BCUT2D eigenvalue weighted by atomic mass is 19.4. The number of benzene rings is 2. The third-order valence-corrected chi connectivity index (χ3v) is 6.51. The van der Waals surface area contributed by atoms with Crippen LogP contribution >= 0.6 is 0 Å². The molecule has 33 heavy (non-hydrogen) atoms. The first-order chi connectivity index (χ1) is 15.8. The second-order valence-corrected chi connectivity index (χ2v) is 8.71. The third-order valence-electron chi connectivity index (χ3n) is 6.51. The fraction of sp³-hybridized carbons (Fsp3) is 0.458. The van der Waals surface area contributed by atoms with E-state index in [2.05, 4.69) is 33.9 Å². The van der Waals surface area contributed by atoms with Crippen LogP contribution in [0.5, 0.6) is 5.75 Å². The molecule has 0 radical (unpaired) electrons. The van der Waals surface area contributed by atoms with E-state index in [1.165, 1.54) is 23.3 Å². The predicted molar refractivity (Wildman–Crippen MR) is 113 cm³/mol. The van der Waals surface area contributed by atoms with Crippen molar-refractivity contribution in [3.8, 4) is 5.75 Å². The number of hydrogen-bond acceptors (Lipinski definition) is 5. The van der Waals surface area contributed by atoms with Crippen molar-refractivity contribution < 1.29 is 32.2 Å². The molecule has 1 spiro atoms. The van der Waals surface area contributed by atoms with Gasteiger partial charge in [-0.25, -0.2) is 0 Å². The Kier molecular flexibility index (Phi) is 5.80. The molecular weight excluding hydrogens is 437 g/mol. The van der Waals surface area contributed by atoms with E-state index in [0.717, 1.165) is 31.5 Å². The zero-order chi connectivity index (χ0) is 23.1. The first kappa shape index (κ1) is 22.2. The first-order valence-corrected chi connectivity index (χ1v) is 11.0. The average molecular weight is 462 g/mol. The summed E-state index contributed by atoms with van der Waals surface area (Å²) in [7, 11) is 0. The van der Waals surface area contributed by atoms with Gasteiger partial charge in [0.05, 0.1) is 26.3 Å². The van der Waals surface area contributed by atoms with Crippen LogP contribution in [0.4, 0.5) is 13.2 Å². The van der Waals surface area contributed by atoms with Crippen LogP contribution in [0.1, 0.15) is 21.5 Å². The molecule has 1 unspecified atom stereocenters. The molecule has 1 aliphatic carbocycles. The molecule has 1 atom stereocenters. The highest BCUT2D eigenvalue weighted by Gasteiger charge is 2.45. The Hall–Kier alpha value is -2.62. The van der Waals surface area contributed by atoms with E-state index in [1.807, 2.05) is 0 Å². The van der Waals surface area contributed by atoms with Gasteiger partial charge in [0, 0.05) is 24.7 Å². The molecule has 9 heteroatoms. The van der Waals surface area contributed by atoms with Crippen LogP contribution in [-0.4, -0.2) is 73.3 Å². The molecule has 3 aliphatic rings. The maximum atomic E-state index is 13.0. The normalized spacial score (nSPS) is 24.2. The van der Waals surface area contributed by atoms with Gasteiger partial charge in [0.2, 0.25) is 0 Å². The Morgan fingerprint density at radius 1 is 0.939 bits per heavy atom. The number of hydrogen-bond donors (Lipinski definition) is 0. The molecule has 0 N–H and O–H groups in total. The van der Waals surface area contributed by atoms with Gasteiger partial charge >= 0.3 is 6.36 Å². The smallest absolute Gasteiger partial charge is 0.406 e. The number of rotatable bonds is 3. The molecule has 5 rings (SSSR count). The van der Waals surface area contributed by atoms with Crippen LogP contribution in [0.25, 0.3) is 0 Å². The molecule has 2 aliphatic heterocycles. The SMILES string of the molecule is O=C(c1ccc(OC(F)(F)F)cc1)N1CCOC2(C1)CN(C1Cc3ccccc3C1)CCO2. The number of halogens is 3. The van der Waals surface area contributed by atoms with E-state index in [9.17, 15) is 18.0 Å². The molecule has 0 bridgehead atoms. The number of carbonyl (C=O) groups is 1. The van der Waals surface area contributed by atoms with E-state index < -0.39 is 12.1 Å². The molecule has 176 valence electrons. The van der Waals surface area contributed by atoms with Gasteiger partial charge in [0.1, 0.15) is 5.75 Å². The Bertz CT molecular complexity index is 985. The Morgan fingerprint density at radius 2 is 1.58 bits per heavy atom. The summed E-state index contributed by atoms with van der Waals surface area (Å²) in [6, 6.07) is 13.8. The summed E-state index contributed by atoms with van der Waals surface area (Å²) in [5.41, 5.74) is 3.05. The Labute approximate surface area is 189 Å². The van der Waals surface area contributed by atoms with Crippen LogP contribution in [0.15, 0.2) is 48.5 Å². The Morgan fingerprint density at radius 3 is 2.21 bits per heavy atom. The van der Waals surface area contributed by atoms with Gasteiger partial charge in [-0.2, -0.15) is 0 Å². The molecule has 0 saturated carbocycles. The molecule has 2 aromatic carbocycles. The van der Waals surface area contributed by atoms with Crippen molar-refractivity contribution in [3.63, 3.8) is 0 Å². The van der Waals surface area contributed by atoms with Gasteiger partial charge in [-0.1, -0.05) is 24.3 Å². The monoisotopic (exact) mass is 462 g/mol. The van der Waals surface area contributed by atoms with Crippen molar-refractivity contribution in [3.05, 3.63) is 65.2 Å². The van der Waals surface area contributed by atoms with E-state index in [4.69, 9.17) is 9.47 Å². The van der Waals surface area contributed by atoms with Crippen molar-refractivity contribution in [2.45, 2.75) is 31.0 Å². The number of ether oxygens (including phenoxy) is 3. The lowest BCUT2D eigenvalue weighted by molar-refractivity contribution is -0.289. The minimum atomic E-state index is -4.77.